The zero-order valence-electron chi connectivity index (χ0n) is 13.4. The SMILES string of the molecule is Cc1nc(NC(=O)NCCc2nnc(-c3ccccc3)o2)sc1C. The van der Waals surface area contributed by atoms with Crippen LogP contribution in [-0.4, -0.2) is 27.8 Å². The van der Waals surface area contributed by atoms with Crippen LogP contribution in [0, 0.1) is 13.8 Å². The van der Waals surface area contributed by atoms with E-state index in [0.717, 1.165) is 16.1 Å². The van der Waals surface area contributed by atoms with E-state index in [-0.39, 0.29) is 6.03 Å². The van der Waals surface area contributed by atoms with Gasteiger partial charge in [-0.1, -0.05) is 18.2 Å². The number of hydrogen-bond acceptors (Lipinski definition) is 6. The number of aromatic nitrogens is 3. The summed E-state index contributed by atoms with van der Waals surface area (Å²) in [7, 11) is 0. The summed E-state index contributed by atoms with van der Waals surface area (Å²) in [4.78, 5) is 17.2. The number of anilines is 1. The summed E-state index contributed by atoms with van der Waals surface area (Å²) in [5, 5.41) is 14.0. The maximum Gasteiger partial charge on any atom is 0.321 e. The Hall–Kier alpha value is -2.74. The average molecular weight is 343 g/mol. The highest BCUT2D eigenvalue weighted by Gasteiger charge is 2.10. The van der Waals surface area contributed by atoms with Gasteiger partial charge in [0.25, 0.3) is 0 Å². The van der Waals surface area contributed by atoms with Crippen molar-refractivity contribution in [1.29, 1.82) is 0 Å². The second kappa shape index (κ2) is 7.22. The van der Waals surface area contributed by atoms with E-state index >= 15 is 0 Å². The van der Waals surface area contributed by atoms with E-state index in [2.05, 4.69) is 25.8 Å². The third kappa shape index (κ3) is 3.96. The molecule has 0 radical (unpaired) electrons. The van der Waals surface area contributed by atoms with E-state index < -0.39 is 0 Å². The number of hydrogen-bond donors (Lipinski definition) is 2. The lowest BCUT2D eigenvalue weighted by Gasteiger charge is -2.03. The summed E-state index contributed by atoms with van der Waals surface area (Å²) >= 11 is 1.45. The monoisotopic (exact) mass is 343 g/mol. The van der Waals surface area contributed by atoms with Gasteiger partial charge in [0.2, 0.25) is 11.8 Å². The number of thiazole rings is 1. The maximum absolute atomic E-state index is 11.8. The summed E-state index contributed by atoms with van der Waals surface area (Å²) < 4.78 is 5.58. The van der Waals surface area contributed by atoms with Crippen LogP contribution in [0.2, 0.25) is 0 Å². The number of aryl methyl sites for hydroxylation is 2. The van der Waals surface area contributed by atoms with E-state index in [1.165, 1.54) is 11.3 Å². The topological polar surface area (TPSA) is 92.9 Å². The normalized spacial score (nSPS) is 10.6. The Labute approximate surface area is 143 Å². The van der Waals surface area contributed by atoms with E-state index in [4.69, 9.17) is 4.42 Å². The van der Waals surface area contributed by atoms with Gasteiger partial charge in [-0.2, -0.15) is 0 Å². The molecule has 2 amide bonds. The number of amides is 2. The molecule has 1 aromatic carbocycles. The molecule has 24 heavy (non-hydrogen) atoms. The summed E-state index contributed by atoms with van der Waals surface area (Å²) in [6.45, 7) is 4.27. The van der Waals surface area contributed by atoms with Crippen molar-refractivity contribution in [2.24, 2.45) is 0 Å². The minimum atomic E-state index is -0.299. The van der Waals surface area contributed by atoms with Crippen molar-refractivity contribution >= 4 is 22.5 Å². The van der Waals surface area contributed by atoms with Gasteiger partial charge >= 0.3 is 6.03 Å². The number of carbonyl (C=O) groups is 1. The first-order valence-corrected chi connectivity index (χ1v) is 8.30. The molecule has 0 aliphatic carbocycles. The molecular formula is C16H17N5O2S. The molecule has 2 N–H and O–H groups in total. The molecule has 3 aromatic rings. The van der Waals surface area contributed by atoms with Crippen LogP contribution in [0.15, 0.2) is 34.7 Å². The van der Waals surface area contributed by atoms with Gasteiger partial charge < -0.3 is 9.73 Å². The first-order valence-electron chi connectivity index (χ1n) is 7.48. The van der Waals surface area contributed by atoms with Gasteiger partial charge in [-0.05, 0) is 26.0 Å². The highest BCUT2D eigenvalue weighted by Crippen LogP contribution is 2.20. The Morgan fingerprint density at radius 2 is 2.00 bits per heavy atom. The smallest absolute Gasteiger partial charge is 0.321 e. The molecular weight excluding hydrogens is 326 g/mol. The lowest BCUT2D eigenvalue weighted by atomic mass is 10.2. The van der Waals surface area contributed by atoms with E-state index in [0.29, 0.717) is 29.9 Å². The van der Waals surface area contributed by atoms with Crippen molar-refractivity contribution < 1.29 is 9.21 Å². The molecule has 8 heteroatoms. The molecule has 7 nitrogen and oxygen atoms in total. The van der Waals surface area contributed by atoms with Gasteiger partial charge in [0.15, 0.2) is 5.13 Å². The third-order valence-corrected chi connectivity index (χ3v) is 4.35. The van der Waals surface area contributed by atoms with Crippen molar-refractivity contribution in [1.82, 2.24) is 20.5 Å². The molecule has 0 saturated heterocycles. The Morgan fingerprint density at radius 1 is 1.21 bits per heavy atom. The third-order valence-electron chi connectivity index (χ3n) is 3.36. The Morgan fingerprint density at radius 3 is 2.71 bits per heavy atom. The van der Waals surface area contributed by atoms with Crippen molar-refractivity contribution in [3.8, 4) is 11.5 Å². The number of nitrogens with zero attached hydrogens (tertiary/aromatic N) is 3. The Kier molecular flexibility index (Phi) is 4.85. The molecule has 0 atom stereocenters. The van der Waals surface area contributed by atoms with E-state index in [9.17, 15) is 4.79 Å². The maximum atomic E-state index is 11.8. The summed E-state index contributed by atoms with van der Waals surface area (Å²) in [6, 6.07) is 9.25. The van der Waals surface area contributed by atoms with Crippen LogP contribution in [0.1, 0.15) is 16.5 Å². The van der Waals surface area contributed by atoms with Gasteiger partial charge in [-0.25, -0.2) is 9.78 Å². The molecule has 0 aliphatic rings. The largest absolute Gasteiger partial charge is 0.421 e. The van der Waals surface area contributed by atoms with E-state index in [1.807, 2.05) is 44.2 Å². The van der Waals surface area contributed by atoms with Gasteiger partial charge in [-0.15, -0.1) is 21.5 Å². The number of urea groups is 1. The fraction of sp³-hybridized carbons (Fsp3) is 0.250. The minimum absolute atomic E-state index is 0.299. The zero-order chi connectivity index (χ0) is 16.9. The van der Waals surface area contributed by atoms with Crippen molar-refractivity contribution in [2.75, 3.05) is 11.9 Å². The molecule has 0 unspecified atom stereocenters. The van der Waals surface area contributed by atoms with Crippen LogP contribution >= 0.6 is 11.3 Å². The molecule has 3 rings (SSSR count). The molecule has 0 fully saturated rings. The van der Waals surface area contributed by atoms with Crippen molar-refractivity contribution in [3.05, 3.63) is 46.8 Å². The number of nitrogens with one attached hydrogen (secondary N) is 2. The molecule has 0 bridgehead atoms. The lowest BCUT2D eigenvalue weighted by Crippen LogP contribution is -2.30. The minimum Gasteiger partial charge on any atom is -0.421 e. The summed E-state index contributed by atoms with van der Waals surface area (Å²) in [6.07, 6.45) is 0.461. The van der Waals surface area contributed by atoms with Crippen LogP contribution in [0.3, 0.4) is 0 Å². The van der Waals surface area contributed by atoms with Gasteiger partial charge in [-0.3, -0.25) is 5.32 Å². The predicted octanol–water partition coefficient (Wildman–Crippen LogP) is 3.17. The summed E-state index contributed by atoms with van der Waals surface area (Å²) in [5.74, 6) is 0.957. The molecule has 2 heterocycles. The first kappa shape index (κ1) is 16.1. The molecule has 2 aromatic heterocycles. The molecule has 124 valence electrons. The summed E-state index contributed by atoms with van der Waals surface area (Å²) in [5.41, 5.74) is 1.80. The second-order valence-electron chi connectivity index (χ2n) is 5.16. The molecule has 0 aliphatic heterocycles. The number of benzene rings is 1. The molecule has 0 saturated carbocycles. The highest BCUT2D eigenvalue weighted by molar-refractivity contribution is 7.15. The van der Waals surface area contributed by atoms with Crippen LogP contribution in [0.5, 0.6) is 0 Å². The second-order valence-corrected chi connectivity index (χ2v) is 6.36. The highest BCUT2D eigenvalue weighted by atomic mass is 32.1. The Balaban J connectivity index is 1.48. The van der Waals surface area contributed by atoms with Crippen LogP contribution in [0.4, 0.5) is 9.93 Å². The predicted molar refractivity (Wildman–Crippen MR) is 92.0 cm³/mol. The zero-order valence-corrected chi connectivity index (χ0v) is 14.2. The van der Waals surface area contributed by atoms with Crippen molar-refractivity contribution in [3.63, 3.8) is 0 Å². The lowest BCUT2D eigenvalue weighted by molar-refractivity contribution is 0.252. The van der Waals surface area contributed by atoms with Crippen LogP contribution in [0.25, 0.3) is 11.5 Å². The Bertz CT molecular complexity index is 809. The molecule has 0 spiro atoms. The van der Waals surface area contributed by atoms with Gasteiger partial charge in [0.1, 0.15) is 0 Å². The van der Waals surface area contributed by atoms with Crippen molar-refractivity contribution in [2.45, 2.75) is 20.3 Å². The standard InChI is InChI=1S/C16H17N5O2S/c1-10-11(2)24-16(18-10)19-15(22)17-9-8-13-20-21-14(23-13)12-6-4-3-5-7-12/h3-7H,8-9H2,1-2H3,(H2,17,18,19,22). The van der Waals surface area contributed by atoms with Crippen LogP contribution < -0.4 is 10.6 Å². The van der Waals surface area contributed by atoms with E-state index in [1.54, 1.807) is 0 Å². The van der Waals surface area contributed by atoms with Crippen LogP contribution in [-0.2, 0) is 6.42 Å². The number of carbonyl (C=O) groups excluding carboxylic acids is 1. The fourth-order valence-electron chi connectivity index (χ4n) is 2.00. The quantitative estimate of drug-likeness (QED) is 0.742. The van der Waals surface area contributed by atoms with Gasteiger partial charge in [0, 0.05) is 23.4 Å². The number of rotatable bonds is 5. The first-order chi connectivity index (χ1) is 11.6. The van der Waals surface area contributed by atoms with Gasteiger partial charge in [0.05, 0.1) is 5.69 Å². The average Bonchev–Trinajstić information content (AvgIpc) is 3.15. The fourth-order valence-corrected chi connectivity index (χ4v) is 2.81.